The number of benzene rings is 3. The van der Waals surface area contributed by atoms with Gasteiger partial charge in [-0.2, -0.15) is 0 Å². The minimum absolute atomic E-state index is 0.198. The van der Waals surface area contributed by atoms with Crippen molar-refractivity contribution < 1.29 is 0 Å². The summed E-state index contributed by atoms with van der Waals surface area (Å²) in [4.78, 5) is 5.18. The zero-order chi connectivity index (χ0) is 21.3. The molecule has 0 aliphatic heterocycles. The Kier molecular flexibility index (Phi) is 5.59. The first-order valence-corrected chi connectivity index (χ1v) is 10.8. The maximum atomic E-state index is 5.18. The van der Waals surface area contributed by atoms with E-state index in [1.54, 1.807) is 0 Å². The standard InChI is InChI=1S/C28H30N2/c1-19(2)29-28-27(23-14-10-7-11-15-23)26(22-12-8-6-9-13-22)24-18-21(5)16-17-25(24)30(28)20(3)4/h6-20H,1-5H3. The van der Waals surface area contributed by atoms with E-state index in [9.17, 15) is 0 Å². The van der Waals surface area contributed by atoms with Crippen molar-refractivity contribution in [3.63, 3.8) is 0 Å². The zero-order valence-corrected chi connectivity index (χ0v) is 18.6. The highest BCUT2D eigenvalue weighted by atomic mass is 15.0. The van der Waals surface area contributed by atoms with Crippen molar-refractivity contribution in [3.8, 4) is 22.3 Å². The molecule has 2 heteroatoms. The van der Waals surface area contributed by atoms with Crippen LogP contribution in [0.15, 0.2) is 83.9 Å². The largest absolute Gasteiger partial charge is 0.323 e. The molecule has 3 aromatic carbocycles. The predicted octanol–water partition coefficient (Wildman–Crippen LogP) is 7.17. The van der Waals surface area contributed by atoms with Gasteiger partial charge in [-0.15, -0.1) is 0 Å². The lowest BCUT2D eigenvalue weighted by molar-refractivity contribution is 0.582. The molecule has 4 rings (SSSR count). The van der Waals surface area contributed by atoms with Crippen LogP contribution in [0.5, 0.6) is 0 Å². The van der Waals surface area contributed by atoms with E-state index in [4.69, 9.17) is 4.99 Å². The van der Waals surface area contributed by atoms with E-state index in [0.29, 0.717) is 6.04 Å². The van der Waals surface area contributed by atoms with E-state index < -0.39 is 0 Å². The highest BCUT2D eigenvalue weighted by Gasteiger charge is 2.20. The summed E-state index contributed by atoms with van der Waals surface area (Å²) in [5.41, 5.74) is 8.45. The maximum Gasteiger partial charge on any atom is 0.137 e. The summed E-state index contributed by atoms with van der Waals surface area (Å²) in [6.07, 6.45) is 0. The Bertz CT molecular complexity index is 1230. The normalized spacial score (nSPS) is 12.3. The number of aryl methyl sites for hydroxylation is 1. The fourth-order valence-corrected chi connectivity index (χ4v) is 4.22. The van der Waals surface area contributed by atoms with E-state index in [0.717, 1.165) is 5.49 Å². The Labute approximate surface area is 179 Å². The molecule has 0 unspecified atom stereocenters. The lowest BCUT2D eigenvalue weighted by atomic mass is 9.91. The van der Waals surface area contributed by atoms with E-state index in [1.807, 2.05) is 0 Å². The lowest BCUT2D eigenvalue weighted by Crippen LogP contribution is -2.28. The molecule has 0 bridgehead atoms. The van der Waals surface area contributed by atoms with Crippen LogP contribution in [0.25, 0.3) is 33.2 Å². The maximum absolute atomic E-state index is 5.18. The van der Waals surface area contributed by atoms with Crippen LogP contribution < -0.4 is 5.49 Å². The van der Waals surface area contributed by atoms with Crippen LogP contribution in [0.4, 0.5) is 0 Å². The van der Waals surface area contributed by atoms with Gasteiger partial charge >= 0.3 is 0 Å². The smallest absolute Gasteiger partial charge is 0.137 e. The van der Waals surface area contributed by atoms with Gasteiger partial charge in [-0.25, -0.2) is 0 Å². The molecule has 0 aliphatic carbocycles. The third kappa shape index (κ3) is 3.70. The van der Waals surface area contributed by atoms with Gasteiger partial charge in [0.15, 0.2) is 0 Å². The highest BCUT2D eigenvalue weighted by Crippen LogP contribution is 2.37. The Morgan fingerprint density at radius 3 is 1.80 bits per heavy atom. The van der Waals surface area contributed by atoms with Gasteiger partial charge in [0.25, 0.3) is 0 Å². The van der Waals surface area contributed by atoms with Crippen LogP contribution in [0, 0.1) is 6.92 Å². The highest BCUT2D eigenvalue weighted by molar-refractivity contribution is 6.02. The lowest BCUT2D eigenvalue weighted by Gasteiger charge is -2.24. The van der Waals surface area contributed by atoms with Crippen molar-refractivity contribution in [2.24, 2.45) is 4.99 Å². The van der Waals surface area contributed by atoms with E-state index >= 15 is 0 Å². The molecule has 0 fully saturated rings. The third-order valence-corrected chi connectivity index (χ3v) is 5.40. The van der Waals surface area contributed by atoms with Crippen LogP contribution in [0.1, 0.15) is 39.3 Å². The fourth-order valence-electron chi connectivity index (χ4n) is 4.22. The molecule has 0 atom stereocenters. The first kappa shape index (κ1) is 20.2. The van der Waals surface area contributed by atoms with Crippen LogP contribution in [-0.2, 0) is 0 Å². The summed E-state index contributed by atoms with van der Waals surface area (Å²) in [5.74, 6) is 0. The number of hydrogen-bond donors (Lipinski definition) is 0. The molecule has 0 amide bonds. The van der Waals surface area contributed by atoms with Crippen LogP contribution in [0.3, 0.4) is 0 Å². The van der Waals surface area contributed by atoms with Gasteiger partial charge in [-0.3, -0.25) is 4.99 Å². The molecule has 0 radical (unpaired) electrons. The number of fused-ring (bicyclic) bond motifs is 1. The molecular formula is C28H30N2. The van der Waals surface area contributed by atoms with Gasteiger partial charge in [0.1, 0.15) is 5.49 Å². The summed E-state index contributed by atoms with van der Waals surface area (Å²) < 4.78 is 2.41. The molecule has 0 saturated carbocycles. The zero-order valence-electron chi connectivity index (χ0n) is 18.6. The molecule has 4 aromatic rings. The summed E-state index contributed by atoms with van der Waals surface area (Å²) in [6, 6.07) is 28.7. The summed E-state index contributed by atoms with van der Waals surface area (Å²) >= 11 is 0. The Hall–Kier alpha value is -3.13. The first-order valence-electron chi connectivity index (χ1n) is 10.8. The molecule has 30 heavy (non-hydrogen) atoms. The molecule has 0 saturated heterocycles. The fraction of sp³-hybridized carbons (Fsp3) is 0.250. The van der Waals surface area contributed by atoms with Gasteiger partial charge in [-0.1, -0.05) is 72.3 Å². The van der Waals surface area contributed by atoms with Gasteiger partial charge < -0.3 is 4.57 Å². The average molecular weight is 395 g/mol. The van der Waals surface area contributed by atoms with Crippen molar-refractivity contribution >= 4 is 10.9 Å². The van der Waals surface area contributed by atoms with Gasteiger partial charge in [0, 0.05) is 28.6 Å². The molecule has 0 aliphatic rings. The van der Waals surface area contributed by atoms with E-state index in [-0.39, 0.29) is 6.04 Å². The van der Waals surface area contributed by atoms with E-state index in [1.165, 1.54) is 38.7 Å². The Balaban J connectivity index is 2.33. The molecule has 1 heterocycles. The first-order chi connectivity index (χ1) is 14.5. The van der Waals surface area contributed by atoms with Crippen molar-refractivity contribution in [1.82, 2.24) is 4.57 Å². The van der Waals surface area contributed by atoms with Gasteiger partial charge in [0.05, 0.1) is 5.52 Å². The van der Waals surface area contributed by atoms with E-state index in [2.05, 4.69) is 118 Å². The molecule has 1 aromatic heterocycles. The molecule has 0 spiro atoms. The number of hydrogen-bond acceptors (Lipinski definition) is 1. The minimum atomic E-state index is 0.198. The van der Waals surface area contributed by atoms with Crippen molar-refractivity contribution in [1.29, 1.82) is 0 Å². The van der Waals surface area contributed by atoms with Crippen LogP contribution in [0.2, 0.25) is 0 Å². The molecule has 152 valence electrons. The monoisotopic (exact) mass is 394 g/mol. The predicted molar refractivity (Wildman–Crippen MR) is 129 cm³/mol. The van der Waals surface area contributed by atoms with Crippen LogP contribution in [-0.4, -0.2) is 10.6 Å². The second-order valence-corrected chi connectivity index (χ2v) is 8.51. The summed E-state index contributed by atoms with van der Waals surface area (Å²) in [5, 5.41) is 1.27. The van der Waals surface area contributed by atoms with Crippen molar-refractivity contribution in [3.05, 3.63) is 89.9 Å². The second kappa shape index (κ2) is 8.31. The quantitative estimate of drug-likeness (QED) is 0.349. The summed E-state index contributed by atoms with van der Waals surface area (Å²) in [6.45, 7) is 11.0. The topological polar surface area (TPSA) is 17.3 Å². The third-order valence-electron chi connectivity index (χ3n) is 5.40. The minimum Gasteiger partial charge on any atom is -0.323 e. The number of nitrogens with zero attached hydrogens (tertiary/aromatic N) is 2. The number of rotatable bonds is 4. The SMILES string of the molecule is Cc1ccc2c(c1)c(-c1ccccc1)c(-c1ccccc1)c(=NC(C)C)n2C(C)C. The molecule has 0 N–H and O–H groups in total. The Morgan fingerprint density at radius 1 is 0.700 bits per heavy atom. The molecular weight excluding hydrogens is 364 g/mol. The number of pyridine rings is 1. The van der Waals surface area contributed by atoms with Crippen molar-refractivity contribution in [2.45, 2.75) is 46.7 Å². The Morgan fingerprint density at radius 2 is 1.27 bits per heavy atom. The number of aromatic nitrogens is 1. The summed E-state index contributed by atoms with van der Waals surface area (Å²) in [7, 11) is 0. The molecule has 2 nitrogen and oxygen atoms in total. The van der Waals surface area contributed by atoms with Crippen LogP contribution >= 0.6 is 0 Å². The van der Waals surface area contributed by atoms with Crippen molar-refractivity contribution in [2.75, 3.05) is 0 Å². The average Bonchev–Trinajstić information content (AvgIpc) is 2.73. The van der Waals surface area contributed by atoms with Gasteiger partial charge in [-0.05, 0) is 57.9 Å². The van der Waals surface area contributed by atoms with Gasteiger partial charge in [0.2, 0.25) is 0 Å². The second-order valence-electron chi connectivity index (χ2n) is 8.51.